The van der Waals surface area contributed by atoms with Crippen molar-refractivity contribution >= 4 is 21.6 Å². The van der Waals surface area contributed by atoms with E-state index in [1.807, 2.05) is 0 Å². The average molecular weight is 366 g/mol. The number of hydrogen-bond donors (Lipinski definition) is 1. The highest BCUT2D eigenvalue weighted by molar-refractivity contribution is 7.89. The fourth-order valence-corrected chi connectivity index (χ4v) is 3.91. The van der Waals surface area contributed by atoms with Crippen LogP contribution in [0.15, 0.2) is 45.9 Å². The molecule has 0 bridgehead atoms. The van der Waals surface area contributed by atoms with E-state index in [2.05, 4.69) is 5.32 Å². The van der Waals surface area contributed by atoms with Gasteiger partial charge in [0.2, 0.25) is 10.0 Å². The van der Waals surface area contributed by atoms with Gasteiger partial charge in [0.15, 0.2) is 5.76 Å². The van der Waals surface area contributed by atoms with Gasteiger partial charge in [-0.3, -0.25) is 4.79 Å². The smallest absolute Gasteiger partial charge is 0.291 e. The van der Waals surface area contributed by atoms with Gasteiger partial charge in [0, 0.05) is 13.1 Å². The van der Waals surface area contributed by atoms with Gasteiger partial charge in [0.05, 0.1) is 37.2 Å². The number of benzene rings is 1. The standard InChI is InChI=1S/C16H18N2O6S/c1-22-14-5-4-12(25(20,21)18-6-9-23-10-7-18)11-13(14)17-16(19)15-3-2-8-24-15/h2-5,8,11H,6-7,9-10H2,1H3,(H,17,19). The molecule has 1 amide bonds. The van der Waals surface area contributed by atoms with Gasteiger partial charge < -0.3 is 19.2 Å². The predicted octanol–water partition coefficient (Wildman–Crippen LogP) is 1.56. The molecule has 1 aliphatic heterocycles. The molecule has 1 N–H and O–H groups in total. The Kier molecular flexibility index (Phi) is 5.07. The summed E-state index contributed by atoms with van der Waals surface area (Å²) in [5.41, 5.74) is 0.248. The van der Waals surface area contributed by atoms with Gasteiger partial charge >= 0.3 is 0 Å². The van der Waals surface area contributed by atoms with E-state index in [9.17, 15) is 13.2 Å². The van der Waals surface area contributed by atoms with E-state index in [4.69, 9.17) is 13.9 Å². The minimum absolute atomic E-state index is 0.0740. The summed E-state index contributed by atoms with van der Waals surface area (Å²) < 4.78 is 42.3. The monoisotopic (exact) mass is 366 g/mol. The number of carbonyl (C=O) groups is 1. The second kappa shape index (κ2) is 7.26. The first-order valence-electron chi connectivity index (χ1n) is 7.63. The van der Waals surface area contributed by atoms with Crippen molar-refractivity contribution in [3.8, 4) is 5.75 Å². The van der Waals surface area contributed by atoms with E-state index < -0.39 is 15.9 Å². The molecule has 1 fully saturated rings. The molecule has 1 aromatic carbocycles. The Labute approximate surface area is 145 Å². The molecule has 0 saturated carbocycles. The van der Waals surface area contributed by atoms with E-state index >= 15 is 0 Å². The van der Waals surface area contributed by atoms with Crippen molar-refractivity contribution in [2.45, 2.75) is 4.90 Å². The van der Waals surface area contributed by atoms with Gasteiger partial charge in [0.1, 0.15) is 5.75 Å². The van der Waals surface area contributed by atoms with Crippen molar-refractivity contribution in [3.05, 3.63) is 42.4 Å². The normalized spacial score (nSPS) is 15.7. The molecule has 0 aliphatic carbocycles. The summed E-state index contributed by atoms with van der Waals surface area (Å²) in [5, 5.41) is 2.61. The van der Waals surface area contributed by atoms with Crippen LogP contribution in [0.2, 0.25) is 0 Å². The highest BCUT2D eigenvalue weighted by Crippen LogP contribution is 2.29. The molecule has 2 aromatic rings. The van der Waals surface area contributed by atoms with Crippen molar-refractivity contribution in [1.29, 1.82) is 0 Å². The van der Waals surface area contributed by atoms with Gasteiger partial charge in [0.25, 0.3) is 5.91 Å². The Balaban J connectivity index is 1.90. The number of ether oxygens (including phenoxy) is 2. The molecule has 3 rings (SSSR count). The molecule has 0 spiro atoms. The zero-order valence-corrected chi connectivity index (χ0v) is 14.4. The third kappa shape index (κ3) is 3.68. The summed E-state index contributed by atoms with van der Waals surface area (Å²) >= 11 is 0. The van der Waals surface area contributed by atoms with Crippen molar-refractivity contribution in [3.63, 3.8) is 0 Å². The Hall–Kier alpha value is -2.36. The first kappa shape index (κ1) is 17.5. The molecule has 134 valence electrons. The molecule has 0 radical (unpaired) electrons. The van der Waals surface area contributed by atoms with E-state index in [0.29, 0.717) is 32.1 Å². The lowest BCUT2D eigenvalue weighted by Gasteiger charge is -2.26. The largest absolute Gasteiger partial charge is 0.495 e. The second-order valence-corrected chi connectivity index (χ2v) is 7.25. The topological polar surface area (TPSA) is 98.1 Å². The zero-order valence-electron chi connectivity index (χ0n) is 13.6. The van der Waals surface area contributed by atoms with Gasteiger partial charge in [-0.1, -0.05) is 0 Å². The third-order valence-electron chi connectivity index (χ3n) is 3.77. The first-order chi connectivity index (χ1) is 12.0. The van der Waals surface area contributed by atoms with Crippen LogP contribution in [-0.4, -0.2) is 52.0 Å². The second-order valence-electron chi connectivity index (χ2n) is 5.31. The molecule has 1 saturated heterocycles. The van der Waals surface area contributed by atoms with Crippen LogP contribution in [0.4, 0.5) is 5.69 Å². The summed E-state index contributed by atoms with van der Waals surface area (Å²) in [4.78, 5) is 12.2. The number of morpholine rings is 1. The highest BCUT2D eigenvalue weighted by Gasteiger charge is 2.27. The van der Waals surface area contributed by atoms with Crippen LogP contribution in [0.5, 0.6) is 5.75 Å². The van der Waals surface area contributed by atoms with Crippen LogP contribution in [-0.2, 0) is 14.8 Å². The van der Waals surface area contributed by atoms with Gasteiger partial charge in [-0.15, -0.1) is 0 Å². The van der Waals surface area contributed by atoms with Gasteiger partial charge in [-0.05, 0) is 30.3 Å². The lowest BCUT2D eigenvalue weighted by atomic mass is 10.3. The summed E-state index contributed by atoms with van der Waals surface area (Å²) in [6.07, 6.45) is 1.38. The van der Waals surface area contributed by atoms with Crippen LogP contribution in [0.25, 0.3) is 0 Å². The number of rotatable bonds is 5. The van der Waals surface area contributed by atoms with E-state index in [1.54, 1.807) is 6.07 Å². The fourth-order valence-electron chi connectivity index (χ4n) is 2.47. The molecule has 9 heteroatoms. The maximum atomic E-state index is 12.8. The molecule has 1 aliphatic rings. The zero-order chi connectivity index (χ0) is 17.9. The molecular formula is C16H18N2O6S. The molecule has 2 heterocycles. The fraction of sp³-hybridized carbons (Fsp3) is 0.312. The number of amides is 1. The maximum Gasteiger partial charge on any atom is 0.291 e. The van der Waals surface area contributed by atoms with Crippen molar-refractivity contribution in [1.82, 2.24) is 4.31 Å². The number of anilines is 1. The molecule has 8 nitrogen and oxygen atoms in total. The minimum Gasteiger partial charge on any atom is -0.495 e. The third-order valence-corrected chi connectivity index (χ3v) is 5.67. The molecule has 0 unspecified atom stereocenters. The Bertz CT molecular complexity index is 842. The maximum absolute atomic E-state index is 12.8. The van der Waals surface area contributed by atoms with Crippen LogP contribution in [0.1, 0.15) is 10.6 Å². The van der Waals surface area contributed by atoms with Crippen molar-refractivity contribution in [2.24, 2.45) is 0 Å². The highest BCUT2D eigenvalue weighted by atomic mass is 32.2. The molecule has 25 heavy (non-hydrogen) atoms. The average Bonchev–Trinajstić information content (AvgIpc) is 3.17. The van der Waals surface area contributed by atoms with Crippen LogP contribution >= 0.6 is 0 Å². The van der Waals surface area contributed by atoms with Gasteiger partial charge in [-0.25, -0.2) is 8.42 Å². The van der Waals surface area contributed by atoms with E-state index in [1.165, 1.54) is 41.9 Å². The number of hydrogen-bond acceptors (Lipinski definition) is 6. The molecular weight excluding hydrogens is 348 g/mol. The number of nitrogens with zero attached hydrogens (tertiary/aromatic N) is 1. The number of furan rings is 1. The molecule has 0 atom stereocenters. The summed E-state index contributed by atoms with van der Waals surface area (Å²) in [5.74, 6) is -0.0338. The lowest BCUT2D eigenvalue weighted by Crippen LogP contribution is -2.40. The number of nitrogens with one attached hydrogen (secondary N) is 1. The summed E-state index contributed by atoms with van der Waals surface area (Å²) in [6, 6.07) is 7.43. The quantitative estimate of drug-likeness (QED) is 0.862. The van der Waals surface area contributed by atoms with E-state index in [0.717, 1.165) is 0 Å². The van der Waals surface area contributed by atoms with Crippen LogP contribution < -0.4 is 10.1 Å². The summed E-state index contributed by atoms with van der Waals surface area (Å²) in [6.45, 7) is 1.31. The van der Waals surface area contributed by atoms with E-state index in [-0.39, 0.29) is 16.3 Å². The number of methoxy groups -OCH3 is 1. The molecule has 1 aromatic heterocycles. The Morgan fingerprint density at radius 1 is 1.24 bits per heavy atom. The van der Waals surface area contributed by atoms with Crippen LogP contribution in [0.3, 0.4) is 0 Å². The Morgan fingerprint density at radius 2 is 2.00 bits per heavy atom. The minimum atomic E-state index is -3.68. The van der Waals surface area contributed by atoms with Crippen molar-refractivity contribution in [2.75, 3.05) is 38.7 Å². The van der Waals surface area contributed by atoms with Crippen molar-refractivity contribution < 1.29 is 27.1 Å². The number of sulfonamides is 1. The Morgan fingerprint density at radius 3 is 2.64 bits per heavy atom. The first-order valence-corrected chi connectivity index (χ1v) is 9.07. The SMILES string of the molecule is COc1ccc(S(=O)(=O)N2CCOCC2)cc1NC(=O)c1ccco1. The number of carbonyl (C=O) groups excluding carboxylic acids is 1. The van der Waals surface area contributed by atoms with Crippen LogP contribution in [0, 0.1) is 0 Å². The summed E-state index contributed by atoms with van der Waals surface area (Å²) in [7, 11) is -2.24. The predicted molar refractivity (Wildman–Crippen MR) is 89.2 cm³/mol. The lowest BCUT2D eigenvalue weighted by molar-refractivity contribution is 0.0730. The van der Waals surface area contributed by atoms with Gasteiger partial charge in [-0.2, -0.15) is 4.31 Å².